The molecule has 0 amide bonds. The lowest BCUT2D eigenvalue weighted by atomic mass is 10.00. The number of furan rings is 1. The van der Waals surface area contributed by atoms with Gasteiger partial charge >= 0.3 is 0 Å². The van der Waals surface area contributed by atoms with Gasteiger partial charge in [-0.25, -0.2) is 0 Å². The lowest BCUT2D eigenvalue weighted by Crippen LogP contribution is -2.31. The van der Waals surface area contributed by atoms with E-state index in [1.54, 1.807) is 0 Å². The van der Waals surface area contributed by atoms with Crippen molar-refractivity contribution in [2.75, 3.05) is 0 Å². The van der Waals surface area contributed by atoms with Gasteiger partial charge in [-0.2, -0.15) is 0 Å². The van der Waals surface area contributed by atoms with E-state index in [-0.39, 0.29) is 0 Å². The normalized spacial score (nSPS) is 19.1. The summed E-state index contributed by atoms with van der Waals surface area (Å²) in [5.41, 5.74) is 0. The van der Waals surface area contributed by atoms with Crippen LogP contribution in [0, 0.1) is 5.92 Å². The van der Waals surface area contributed by atoms with Crippen molar-refractivity contribution < 1.29 is 4.42 Å². The van der Waals surface area contributed by atoms with Gasteiger partial charge in [0.15, 0.2) is 0 Å². The van der Waals surface area contributed by atoms with E-state index in [9.17, 15) is 0 Å². The maximum absolute atomic E-state index is 5.68. The van der Waals surface area contributed by atoms with Crippen molar-refractivity contribution in [2.45, 2.75) is 58.5 Å². The molecular formula is C14H23NO. The first-order valence-corrected chi connectivity index (χ1v) is 6.60. The Balaban J connectivity index is 1.77. The minimum Gasteiger partial charge on any atom is -0.465 e. The minimum absolute atomic E-state index is 0.623. The smallest absolute Gasteiger partial charge is 0.117 e. The molecule has 0 aliphatic heterocycles. The fourth-order valence-corrected chi connectivity index (χ4v) is 2.59. The quantitative estimate of drug-likeness (QED) is 0.823. The molecule has 1 aliphatic carbocycles. The Kier molecular flexibility index (Phi) is 4.05. The zero-order chi connectivity index (χ0) is 11.4. The van der Waals surface area contributed by atoms with E-state index >= 15 is 0 Å². The molecule has 1 aromatic rings. The van der Waals surface area contributed by atoms with E-state index < -0.39 is 0 Å². The first kappa shape index (κ1) is 11.7. The summed E-state index contributed by atoms with van der Waals surface area (Å²) in [6, 6.07) is 4.79. The third-order valence-corrected chi connectivity index (χ3v) is 3.77. The standard InChI is InChI=1S/C14H23NO/c1-3-13-8-9-14(16-13)10-15-11(2)12-6-4-5-7-12/h8-9,11-12,15H,3-7,10H2,1-2H3/t11-/m0/s1. The predicted molar refractivity (Wildman–Crippen MR) is 66.3 cm³/mol. The van der Waals surface area contributed by atoms with Gasteiger partial charge in [0.1, 0.15) is 11.5 Å². The van der Waals surface area contributed by atoms with Crippen LogP contribution in [0.2, 0.25) is 0 Å². The highest BCUT2D eigenvalue weighted by molar-refractivity contribution is 5.06. The summed E-state index contributed by atoms with van der Waals surface area (Å²) in [7, 11) is 0. The van der Waals surface area contributed by atoms with Gasteiger partial charge in [-0.15, -0.1) is 0 Å². The molecule has 1 atom stereocenters. The topological polar surface area (TPSA) is 25.2 Å². The molecule has 1 fully saturated rings. The lowest BCUT2D eigenvalue weighted by Gasteiger charge is -2.19. The van der Waals surface area contributed by atoms with Crippen LogP contribution in [-0.2, 0) is 13.0 Å². The first-order chi connectivity index (χ1) is 7.79. The summed E-state index contributed by atoms with van der Waals surface area (Å²) in [6.45, 7) is 5.30. The molecule has 1 aliphatic rings. The molecule has 1 aromatic heterocycles. The van der Waals surface area contributed by atoms with Crippen molar-refractivity contribution in [3.05, 3.63) is 23.7 Å². The van der Waals surface area contributed by atoms with E-state index in [2.05, 4.69) is 31.3 Å². The van der Waals surface area contributed by atoms with Gasteiger partial charge in [-0.1, -0.05) is 19.8 Å². The molecule has 0 aromatic carbocycles. The maximum Gasteiger partial charge on any atom is 0.117 e. The third kappa shape index (κ3) is 2.88. The van der Waals surface area contributed by atoms with Crippen molar-refractivity contribution in [2.24, 2.45) is 5.92 Å². The second-order valence-corrected chi connectivity index (χ2v) is 4.94. The second-order valence-electron chi connectivity index (χ2n) is 4.94. The van der Waals surface area contributed by atoms with Gasteiger partial charge < -0.3 is 9.73 Å². The van der Waals surface area contributed by atoms with Gasteiger partial charge in [0.2, 0.25) is 0 Å². The van der Waals surface area contributed by atoms with Crippen LogP contribution >= 0.6 is 0 Å². The predicted octanol–water partition coefficient (Wildman–Crippen LogP) is 3.51. The van der Waals surface area contributed by atoms with Crippen LogP contribution in [0.15, 0.2) is 16.5 Å². The van der Waals surface area contributed by atoms with E-state index in [1.165, 1.54) is 25.7 Å². The number of aryl methyl sites for hydroxylation is 1. The Morgan fingerprint density at radius 2 is 2.00 bits per heavy atom. The Hall–Kier alpha value is -0.760. The highest BCUT2D eigenvalue weighted by Gasteiger charge is 2.21. The van der Waals surface area contributed by atoms with Crippen LogP contribution in [0.5, 0.6) is 0 Å². The number of rotatable bonds is 5. The SMILES string of the molecule is CCc1ccc(CN[C@@H](C)C2CCCC2)o1. The molecule has 1 saturated carbocycles. The van der Waals surface area contributed by atoms with Crippen LogP contribution in [0.1, 0.15) is 51.1 Å². The molecule has 16 heavy (non-hydrogen) atoms. The minimum atomic E-state index is 0.623. The van der Waals surface area contributed by atoms with Crippen molar-refractivity contribution >= 4 is 0 Å². The summed E-state index contributed by atoms with van der Waals surface area (Å²) in [4.78, 5) is 0. The highest BCUT2D eigenvalue weighted by atomic mass is 16.3. The number of nitrogens with one attached hydrogen (secondary N) is 1. The third-order valence-electron chi connectivity index (χ3n) is 3.77. The lowest BCUT2D eigenvalue weighted by molar-refractivity contribution is 0.358. The first-order valence-electron chi connectivity index (χ1n) is 6.60. The van der Waals surface area contributed by atoms with E-state index in [0.29, 0.717) is 6.04 Å². The second kappa shape index (κ2) is 5.53. The monoisotopic (exact) mass is 221 g/mol. The van der Waals surface area contributed by atoms with Crippen LogP contribution < -0.4 is 5.32 Å². The summed E-state index contributed by atoms with van der Waals surface area (Å²) in [6.07, 6.45) is 6.60. The van der Waals surface area contributed by atoms with Gasteiger partial charge in [0.25, 0.3) is 0 Å². The summed E-state index contributed by atoms with van der Waals surface area (Å²) >= 11 is 0. The summed E-state index contributed by atoms with van der Waals surface area (Å²) < 4.78 is 5.68. The summed E-state index contributed by atoms with van der Waals surface area (Å²) in [5, 5.41) is 3.58. The van der Waals surface area contributed by atoms with Crippen molar-refractivity contribution in [3.8, 4) is 0 Å². The molecule has 90 valence electrons. The average molecular weight is 221 g/mol. The van der Waals surface area contributed by atoms with Gasteiger partial charge in [-0.05, 0) is 37.8 Å². The van der Waals surface area contributed by atoms with Gasteiger partial charge in [-0.3, -0.25) is 0 Å². The van der Waals surface area contributed by atoms with E-state index in [1.807, 2.05) is 0 Å². The largest absolute Gasteiger partial charge is 0.465 e. The molecular weight excluding hydrogens is 198 g/mol. The molecule has 1 heterocycles. The van der Waals surface area contributed by atoms with Gasteiger partial charge in [0, 0.05) is 12.5 Å². The molecule has 1 N–H and O–H groups in total. The van der Waals surface area contributed by atoms with Crippen molar-refractivity contribution in [3.63, 3.8) is 0 Å². The van der Waals surface area contributed by atoms with E-state index in [0.717, 1.165) is 30.4 Å². The molecule has 0 unspecified atom stereocenters. The van der Waals surface area contributed by atoms with E-state index in [4.69, 9.17) is 4.42 Å². The molecule has 2 nitrogen and oxygen atoms in total. The van der Waals surface area contributed by atoms with Crippen LogP contribution in [0.25, 0.3) is 0 Å². The van der Waals surface area contributed by atoms with Crippen molar-refractivity contribution in [1.29, 1.82) is 0 Å². The van der Waals surface area contributed by atoms with Crippen molar-refractivity contribution in [1.82, 2.24) is 5.32 Å². The molecule has 0 spiro atoms. The van der Waals surface area contributed by atoms with Crippen LogP contribution in [-0.4, -0.2) is 6.04 Å². The van der Waals surface area contributed by atoms with Crippen LogP contribution in [0.4, 0.5) is 0 Å². The molecule has 0 saturated heterocycles. The average Bonchev–Trinajstić information content (AvgIpc) is 2.96. The number of hydrogen-bond donors (Lipinski definition) is 1. The Morgan fingerprint density at radius 3 is 2.62 bits per heavy atom. The van der Waals surface area contributed by atoms with Gasteiger partial charge in [0.05, 0.1) is 6.54 Å². The molecule has 2 rings (SSSR count). The fraction of sp³-hybridized carbons (Fsp3) is 0.714. The van der Waals surface area contributed by atoms with Crippen LogP contribution in [0.3, 0.4) is 0 Å². The molecule has 2 heteroatoms. The highest BCUT2D eigenvalue weighted by Crippen LogP contribution is 2.27. The maximum atomic E-state index is 5.68. The number of hydrogen-bond acceptors (Lipinski definition) is 2. The fourth-order valence-electron chi connectivity index (χ4n) is 2.59. The Bertz CT molecular complexity index is 312. The zero-order valence-electron chi connectivity index (χ0n) is 10.5. The molecule has 0 bridgehead atoms. The zero-order valence-corrected chi connectivity index (χ0v) is 10.5. The Morgan fingerprint density at radius 1 is 1.31 bits per heavy atom. The summed E-state index contributed by atoms with van der Waals surface area (Å²) in [5.74, 6) is 3.03. The Labute approximate surface area is 98.4 Å². The molecule has 0 radical (unpaired) electrons.